The van der Waals surface area contributed by atoms with Crippen LogP contribution in [0.5, 0.6) is 5.75 Å². The molecule has 2 aromatic heterocycles. The monoisotopic (exact) mass is 363 g/mol. The summed E-state index contributed by atoms with van der Waals surface area (Å²) in [5, 5.41) is 27.1. The zero-order valence-corrected chi connectivity index (χ0v) is 13.6. The number of phenolic OH excluding ortho intramolecular Hbond substituents is 1. The van der Waals surface area contributed by atoms with Crippen LogP contribution in [0, 0.1) is 23.0 Å². The third kappa shape index (κ3) is 2.91. The average molecular weight is 363 g/mol. The quantitative estimate of drug-likeness (QED) is 0.538. The van der Waals surface area contributed by atoms with Gasteiger partial charge in [0.2, 0.25) is 0 Å². The van der Waals surface area contributed by atoms with Crippen molar-refractivity contribution in [2.75, 3.05) is 6.26 Å². The molecule has 6 nitrogen and oxygen atoms in total. The first-order valence-corrected chi connectivity index (χ1v) is 8.37. The van der Waals surface area contributed by atoms with Crippen molar-refractivity contribution < 1.29 is 13.9 Å². The summed E-state index contributed by atoms with van der Waals surface area (Å²) in [7, 11) is 0. The number of benzene rings is 1. The fraction of sp³-hybridized carbons (Fsp3) is 0.0714. The molecule has 24 heavy (non-hydrogen) atoms. The molecule has 0 amide bonds. The summed E-state index contributed by atoms with van der Waals surface area (Å²) in [6, 6.07) is 4.98. The highest BCUT2D eigenvalue weighted by atomic mass is 32.2. The number of pyridine rings is 1. The maximum absolute atomic E-state index is 13.6. The van der Waals surface area contributed by atoms with Gasteiger partial charge in [-0.25, -0.2) is 13.8 Å². The van der Waals surface area contributed by atoms with E-state index in [1.54, 1.807) is 12.3 Å². The molecule has 1 aromatic carbocycles. The molecule has 0 aliphatic rings. The second-order valence-corrected chi connectivity index (χ2v) is 6.02. The summed E-state index contributed by atoms with van der Waals surface area (Å²) in [4.78, 5) is 4.25. The molecule has 3 aromatic rings. The highest BCUT2D eigenvalue weighted by Crippen LogP contribution is 2.34. The SMILES string of the molecule is CSc1nc2nsc(N=Nc3cc(F)c(O)cc3F)c2cc1C#N. The Labute approximate surface area is 142 Å². The minimum Gasteiger partial charge on any atom is -0.505 e. The highest BCUT2D eigenvalue weighted by molar-refractivity contribution is 7.98. The van der Waals surface area contributed by atoms with Crippen molar-refractivity contribution in [3.8, 4) is 11.8 Å². The fourth-order valence-corrected chi connectivity index (χ4v) is 3.00. The molecule has 0 saturated heterocycles. The summed E-state index contributed by atoms with van der Waals surface area (Å²) in [6.45, 7) is 0. The van der Waals surface area contributed by atoms with Crippen LogP contribution in [0.4, 0.5) is 19.5 Å². The second kappa shape index (κ2) is 6.46. The Hall–Kier alpha value is -2.64. The van der Waals surface area contributed by atoms with E-state index in [9.17, 15) is 8.78 Å². The topological polar surface area (TPSA) is 94.5 Å². The van der Waals surface area contributed by atoms with Gasteiger partial charge in [0.25, 0.3) is 0 Å². The van der Waals surface area contributed by atoms with Crippen molar-refractivity contribution in [1.29, 1.82) is 5.26 Å². The Morgan fingerprint density at radius 3 is 2.75 bits per heavy atom. The molecule has 3 rings (SSSR count). The van der Waals surface area contributed by atoms with Gasteiger partial charge < -0.3 is 5.11 Å². The molecule has 2 heterocycles. The van der Waals surface area contributed by atoms with Gasteiger partial charge in [-0.3, -0.25) is 0 Å². The number of hydrogen-bond acceptors (Lipinski definition) is 8. The molecule has 0 spiro atoms. The maximum atomic E-state index is 13.6. The smallest absolute Gasteiger partial charge is 0.176 e. The first kappa shape index (κ1) is 16.2. The first-order chi connectivity index (χ1) is 11.5. The van der Waals surface area contributed by atoms with E-state index in [1.807, 2.05) is 6.07 Å². The zero-order chi connectivity index (χ0) is 17.3. The number of fused-ring (bicyclic) bond motifs is 1. The van der Waals surface area contributed by atoms with E-state index in [0.29, 0.717) is 32.7 Å². The molecule has 0 aliphatic carbocycles. The van der Waals surface area contributed by atoms with Crippen molar-refractivity contribution >= 4 is 45.0 Å². The van der Waals surface area contributed by atoms with E-state index in [2.05, 4.69) is 19.6 Å². The average Bonchev–Trinajstić information content (AvgIpc) is 2.97. The number of phenols is 1. The van der Waals surface area contributed by atoms with E-state index in [0.717, 1.165) is 17.6 Å². The predicted octanol–water partition coefficient (Wildman–Crippen LogP) is 4.68. The minimum absolute atomic E-state index is 0.314. The van der Waals surface area contributed by atoms with Crippen molar-refractivity contribution in [2.24, 2.45) is 10.2 Å². The maximum Gasteiger partial charge on any atom is 0.176 e. The second-order valence-electron chi connectivity index (χ2n) is 4.47. The molecule has 120 valence electrons. The summed E-state index contributed by atoms with van der Waals surface area (Å²) >= 11 is 2.30. The van der Waals surface area contributed by atoms with Crippen molar-refractivity contribution in [3.05, 3.63) is 35.4 Å². The lowest BCUT2D eigenvalue weighted by molar-refractivity contribution is 0.427. The Bertz CT molecular complexity index is 1010. The molecule has 0 bridgehead atoms. The Morgan fingerprint density at radius 1 is 1.25 bits per heavy atom. The van der Waals surface area contributed by atoms with Crippen LogP contribution in [0.25, 0.3) is 11.0 Å². The summed E-state index contributed by atoms with van der Waals surface area (Å²) in [5.41, 5.74) is 0.407. The van der Waals surface area contributed by atoms with Crippen molar-refractivity contribution in [1.82, 2.24) is 9.36 Å². The highest BCUT2D eigenvalue weighted by Gasteiger charge is 2.13. The summed E-state index contributed by atoms with van der Waals surface area (Å²) in [6.07, 6.45) is 1.80. The zero-order valence-electron chi connectivity index (χ0n) is 12.0. The van der Waals surface area contributed by atoms with Crippen LogP contribution in [-0.2, 0) is 0 Å². The third-order valence-corrected chi connectivity index (χ3v) is 4.43. The molecule has 10 heteroatoms. The van der Waals surface area contributed by atoms with Gasteiger partial charge in [0.05, 0.1) is 10.9 Å². The van der Waals surface area contributed by atoms with Gasteiger partial charge in [-0.15, -0.1) is 22.0 Å². The number of halogens is 2. The van der Waals surface area contributed by atoms with Gasteiger partial charge in [-0.05, 0) is 23.9 Å². The van der Waals surface area contributed by atoms with E-state index < -0.39 is 17.4 Å². The molecule has 1 N–H and O–H groups in total. The molecule has 0 aliphatic heterocycles. The molecule has 0 fully saturated rings. The van der Waals surface area contributed by atoms with E-state index in [4.69, 9.17) is 10.4 Å². The van der Waals surface area contributed by atoms with Gasteiger partial charge >= 0.3 is 0 Å². The van der Waals surface area contributed by atoms with Gasteiger partial charge in [0.15, 0.2) is 28.0 Å². The predicted molar refractivity (Wildman–Crippen MR) is 86.1 cm³/mol. The standard InChI is InChI=1S/C14H7F2N5OS2/c1-23-13-6(5-17)2-7-12(18-13)21-24-14(7)20-19-10-3-9(16)11(22)4-8(10)15/h2-4,22H,1H3. The lowest BCUT2D eigenvalue weighted by Crippen LogP contribution is -1.86. The summed E-state index contributed by atoms with van der Waals surface area (Å²) in [5.74, 6) is -2.72. The Balaban J connectivity index is 2.05. The number of azo groups is 1. The van der Waals surface area contributed by atoms with Crippen molar-refractivity contribution in [2.45, 2.75) is 5.03 Å². The normalized spacial score (nSPS) is 11.2. The number of nitriles is 1. The number of aromatic nitrogens is 2. The molecular weight excluding hydrogens is 356 g/mol. The fourth-order valence-electron chi connectivity index (χ4n) is 1.86. The molecule has 0 saturated carbocycles. The van der Waals surface area contributed by atoms with Crippen LogP contribution in [-0.4, -0.2) is 20.7 Å². The lowest BCUT2D eigenvalue weighted by atomic mass is 10.2. The van der Waals surface area contributed by atoms with E-state index in [-0.39, 0.29) is 5.69 Å². The van der Waals surface area contributed by atoms with Gasteiger partial charge in [0, 0.05) is 12.1 Å². The van der Waals surface area contributed by atoms with Crippen LogP contribution in [0.2, 0.25) is 0 Å². The van der Waals surface area contributed by atoms with Crippen molar-refractivity contribution in [3.63, 3.8) is 0 Å². The van der Waals surface area contributed by atoms with E-state index in [1.165, 1.54) is 11.8 Å². The Morgan fingerprint density at radius 2 is 2.04 bits per heavy atom. The largest absolute Gasteiger partial charge is 0.505 e. The number of thioether (sulfide) groups is 1. The first-order valence-electron chi connectivity index (χ1n) is 6.37. The summed E-state index contributed by atoms with van der Waals surface area (Å²) < 4.78 is 31.0. The number of hydrogen-bond donors (Lipinski definition) is 1. The van der Waals surface area contributed by atoms with E-state index >= 15 is 0 Å². The number of aromatic hydroxyl groups is 1. The number of rotatable bonds is 3. The van der Waals surface area contributed by atoms with Gasteiger partial charge in [-0.2, -0.15) is 9.64 Å². The van der Waals surface area contributed by atoms with Gasteiger partial charge in [-0.1, -0.05) is 0 Å². The third-order valence-electron chi connectivity index (χ3n) is 3.00. The van der Waals surface area contributed by atoms with Crippen LogP contribution in [0.15, 0.2) is 33.5 Å². The molecular formula is C14H7F2N5OS2. The van der Waals surface area contributed by atoms with Crippen LogP contribution >= 0.6 is 23.3 Å². The Kier molecular flexibility index (Phi) is 4.37. The van der Waals surface area contributed by atoms with Crippen LogP contribution < -0.4 is 0 Å². The molecule has 0 atom stereocenters. The van der Waals surface area contributed by atoms with Crippen LogP contribution in [0.1, 0.15) is 5.56 Å². The minimum atomic E-state index is -1.00. The number of nitrogens with zero attached hydrogens (tertiary/aromatic N) is 5. The lowest BCUT2D eigenvalue weighted by Gasteiger charge is -1.99. The van der Waals surface area contributed by atoms with Crippen LogP contribution in [0.3, 0.4) is 0 Å². The molecule has 0 radical (unpaired) electrons. The molecule has 0 unspecified atom stereocenters. The van der Waals surface area contributed by atoms with Gasteiger partial charge in [0.1, 0.15) is 16.8 Å².